The molecule has 2 nitrogen and oxygen atoms in total. The van der Waals surface area contributed by atoms with Crippen molar-refractivity contribution in [1.82, 2.24) is 0 Å². The summed E-state index contributed by atoms with van der Waals surface area (Å²) in [6.07, 6.45) is 12.4. The molecule has 0 spiro atoms. The van der Waals surface area contributed by atoms with Crippen molar-refractivity contribution in [2.24, 2.45) is 22.6 Å². The third-order valence-electron chi connectivity index (χ3n) is 6.67. The Morgan fingerprint density at radius 3 is 1.88 bits per heavy atom. The van der Waals surface area contributed by atoms with Gasteiger partial charge in [0.2, 0.25) is 0 Å². The molecule has 0 bridgehead atoms. The monoisotopic (exact) mass is 362 g/mol. The van der Waals surface area contributed by atoms with Gasteiger partial charge in [-0.1, -0.05) is 44.6 Å². The number of hydrogen-bond donors (Lipinski definition) is 1. The zero-order valence-electron chi connectivity index (χ0n) is 15.9. The third kappa shape index (κ3) is 4.27. The molecule has 26 heavy (non-hydrogen) atoms. The van der Waals surface area contributed by atoms with E-state index in [1.165, 1.54) is 82.4 Å². The lowest BCUT2D eigenvalue weighted by Gasteiger charge is -2.44. The Morgan fingerprint density at radius 1 is 0.962 bits per heavy atom. The number of aliphatic imine (C=N–C) groups is 1. The second-order valence-electron chi connectivity index (χ2n) is 8.38. The summed E-state index contributed by atoms with van der Waals surface area (Å²) < 4.78 is 28.0. The molecule has 0 aromatic heterocycles. The minimum atomic E-state index is -0.541. The summed E-state index contributed by atoms with van der Waals surface area (Å²) >= 11 is 0. The van der Waals surface area contributed by atoms with Crippen LogP contribution in [0.25, 0.3) is 0 Å². The first kappa shape index (κ1) is 19.3. The number of halogens is 2. The van der Waals surface area contributed by atoms with Crippen LogP contribution >= 0.6 is 0 Å². The fraction of sp³-hybridized carbons (Fsp3) is 0.682. The Labute approximate surface area is 156 Å². The Morgan fingerprint density at radius 2 is 1.42 bits per heavy atom. The Balaban J connectivity index is 1.86. The first-order valence-electron chi connectivity index (χ1n) is 10.3. The van der Waals surface area contributed by atoms with E-state index >= 15 is 0 Å². The van der Waals surface area contributed by atoms with Gasteiger partial charge in [-0.15, -0.1) is 0 Å². The Hall–Kier alpha value is -1.45. The molecule has 1 aromatic rings. The molecule has 0 radical (unpaired) electrons. The molecule has 0 heterocycles. The van der Waals surface area contributed by atoms with E-state index in [0.717, 1.165) is 0 Å². The lowest BCUT2D eigenvalue weighted by atomic mass is 9.65. The van der Waals surface area contributed by atoms with Crippen molar-refractivity contribution in [3.63, 3.8) is 0 Å². The first-order chi connectivity index (χ1) is 12.5. The van der Waals surface area contributed by atoms with Crippen LogP contribution in [0.4, 0.5) is 8.78 Å². The fourth-order valence-corrected chi connectivity index (χ4v) is 5.12. The highest BCUT2D eigenvalue weighted by molar-refractivity contribution is 5.83. The largest absolute Gasteiger partial charge is 0.387 e. The number of hydrogen-bond acceptors (Lipinski definition) is 1. The van der Waals surface area contributed by atoms with Gasteiger partial charge in [-0.3, -0.25) is 4.99 Å². The van der Waals surface area contributed by atoms with Crippen molar-refractivity contribution >= 4 is 5.84 Å². The van der Waals surface area contributed by atoms with Gasteiger partial charge in [-0.05, 0) is 56.6 Å². The lowest BCUT2D eigenvalue weighted by Crippen LogP contribution is -2.44. The normalized spacial score (nSPS) is 21.1. The summed E-state index contributed by atoms with van der Waals surface area (Å²) in [7, 11) is 0. The van der Waals surface area contributed by atoms with Crippen LogP contribution in [-0.2, 0) is 6.42 Å². The van der Waals surface area contributed by atoms with Gasteiger partial charge in [0.1, 0.15) is 11.6 Å². The van der Waals surface area contributed by atoms with Crippen LogP contribution in [-0.4, -0.2) is 11.4 Å². The van der Waals surface area contributed by atoms with Crippen molar-refractivity contribution in [3.8, 4) is 0 Å². The van der Waals surface area contributed by atoms with Gasteiger partial charge in [0.05, 0.1) is 11.4 Å². The number of amidine groups is 1. The first-order valence-corrected chi connectivity index (χ1v) is 10.3. The van der Waals surface area contributed by atoms with Crippen LogP contribution < -0.4 is 5.73 Å². The molecule has 2 fully saturated rings. The van der Waals surface area contributed by atoms with Crippen molar-refractivity contribution in [3.05, 3.63) is 35.4 Å². The van der Waals surface area contributed by atoms with Crippen LogP contribution in [0.3, 0.4) is 0 Å². The molecular formula is C22H32F2N2. The smallest absolute Gasteiger partial charge is 0.129 e. The maximum atomic E-state index is 14.0. The molecule has 0 atom stereocenters. The van der Waals surface area contributed by atoms with Crippen LogP contribution in [0.2, 0.25) is 0 Å². The minimum absolute atomic E-state index is 0.0309. The Bertz CT molecular complexity index is 591. The maximum absolute atomic E-state index is 14.0. The molecule has 2 aliphatic carbocycles. The van der Waals surface area contributed by atoms with E-state index in [-0.39, 0.29) is 17.5 Å². The summed E-state index contributed by atoms with van der Waals surface area (Å²) in [4.78, 5) is 4.99. The predicted molar refractivity (Wildman–Crippen MR) is 103 cm³/mol. The van der Waals surface area contributed by atoms with Crippen molar-refractivity contribution < 1.29 is 8.78 Å². The van der Waals surface area contributed by atoms with Crippen molar-refractivity contribution in [2.45, 2.75) is 83.1 Å². The highest BCUT2D eigenvalue weighted by atomic mass is 19.1. The molecule has 0 saturated heterocycles. The molecular weight excluding hydrogens is 330 g/mol. The molecule has 0 unspecified atom stereocenters. The molecule has 2 aliphatic rings. The summed E-state index contributed by atoms with van der Waals surface area (Å²) in [5, 5.41) is 0. The second-order valence-corrected chi connectivity index (χ2v) is 8.38. The van der Waals surface area contributed by atoms with Crippen LogP contribution in [0.1, 0.15) is 76.7 Å². The molecule has 1 aromatic carbocycles. The lowest BCUT2D eigenvalue weighted by molar-refractivity contribution is 0.124. The van der Waals surface area contributed by atoms with Gasteiger partial charge in [-0.2, -0.15) is 0 Å². The molecule has 0 aliphatic heterocycles. The number of nitrogens with zero attached hydrogens (tertiary/aromatic N) is 1. The van der Waals surface area contributed by atoms with Crippen LogP contribution in [0.5, 0.6) is 0 Å². The third-order valence-corrected chi connectivity index (χ3v) is 6.67. The predicted octanol–water partition coefficient (Wildman–Crippen LogP) is 5.78. The van der Waals surface area contributed by atoms with E-state index in [9.17, 15) is 8.78 Å². The van der Waals surface area contributed by atoms with E-state index in [4.69, 9.17) is 10.7 Å². The quantitative estimate of drug-likeness (QED) is 0.523. The molecule has 3 rings (SSSR count). The van der Waals surface area contributed by atoms with Gasteiger partial charge in [0, 0.05) is 12.0 Å². The Kier molecular flexibility index (Phi) is 6.31. The van der Waals surface area contributed by atoms with Gasteiger partial charge in [0.25, 0.3) is 0 Å². The topological polar surface area (TPSA) is 38.4 Å². The molecule has 2 saturated carbocycles. The molecule has 144 valence electrons. The van der Waals surface area contributed by atoms with Crippen LogP contribution in [0.15, 0.2) is 23.2 Å². The van der Waals surface area contributed by atoms with Gasteiger partial charge < -0.3 is 5.73 Å². The second kappa shape index (κ2) is 8.49. The molecule has 2 N–H and O–H groups in total. The number of rotatable bonds is 5. The van der Waals surface area contributed by atoms with Gasteiger partial charge in [-0.25, -0.2) is 8.78 Å². The average molecular weight is 363 g/mol. The zero-order chi connectivity index (χ0) is 18.6. The standard InChI is InChI=1S/C22H32F2N2/c1-22(16-9-4-2-5-10-16,17-11-6-3-7-12-17)26-21(25)15-18-19(23)13-8-14-20(18)24/h8,13-14,16-17H,2-7,9-12,15H2,1H3,(H2,25,26). The summed E-state index contributed by atoms with van der Waals surface area (Å²) in [6, 6.07) is 3.95. The summed E-state index contributed by atoms with van der Waals surface area (Å²) in [5.74, 6) is 0.347. The number of benzene rings is 1. The maximum Gasteiger partial charge on any atom is 0.129 e. The molecule has 4 heteroatoms. The minimum Gasteiger partial charge on any atom is -0.387 e. The highest BCUT2D eigenvalue weighted by Crippen LogP contribution is 2.45. The van der Waals surface area contributed by atoms with E-state index in [2.05, 4.69) is 6.92 Å². The van der Waals surface area contributed by atoms with E-state index in [1.807, 2.05) is 0 Å². The zero-order valence-corrected chi connectivity index (χ0v) is 15.9. The number of nitrogens with two attached hydrogens (primary N) is 1. The van der Waals surface area contributed by atoms with E-state index in [0.29, 0.717) is 17.7 Å². The molecule has 0 amide bonds. The highest BCUT2D eigenvalue weighted by Gasteiger charge is 2.42. The fourth-order valence-electron chi connectivity index (χ4n) is 5.12. The summed E-state index contributed by atoms with van der Waals surface area (Å²) in [6.45, 7) is 2.25. The van der Waals surface area contributed by atoms with Crippen LogP contribution in [0, 0.1) is 23.5 Å². The van der Waals surface area contributed by atoms with Crippen molar-refractivity contribution in [1.29, 1.82) is 0 Å². The van der Waals surface area contributed by atoms with E-state index in [1.54, 1.807) is 0 Å². The van der Waals surface area contributed by atoms with Gasteiger partial charge in [0.15, 0.2) is 0 Å². The summed E-state index contributed by atoms with van der Waals surface area (Å²) in [5.41, 5.74) is 6.09. The van der Waals surface area contributed by atoms with E-state index < -0.39 is 11.6 Å². The SMILES string of the molecule is CC(N=C(N)Cc1c(F)cccc1F)(C1CCCCC1)C1CCCCC1. The average Bonchev–Trinajstić information content (AvgIpc) is 2.66. The van der Waals surface area contributed by atoms with Crippen molar-refractivity contribution in [2.75, 3.05) is 0 Å². The van der Waals surface area contributed by atoms with Gasteiger partial charge >= 0.3 is 0 Å².